The monoisotopic (exact) mass is 629 g/mol. The van der Waals surface area contributed by atoms with E-state index >= 15 is 4.39 Å². The number of amides is 2. The van der Waals surface area contributed by atoms with Crippen molar-refractivity contribution >= 4 is 52.4 Å². The molecule has 2 aromatic carbocycles. The largest absolute Gasteiger partial charge is 0.417 e. The minimum Gasteiger partial charge on any atom is -0.335 e. The van der Waals surface area contributed by atoms with E-state index in [9.17, 15) is 35.9 Å². The molecule has 1 fully saturated rings. The number of benzene rings is 2. The van der Waals surface area contributed by atoms with Crippen LogP contribution < -0.4 is 10.6 Å². The Morgan fingerprint density at radius 2 is 1.60 bits per heavy atom. The molecule has 0 radical (unpaired) electrons. The highest BCUT2D eigenvalue weighted by atomic mass is 35.5. The molecule has 1 unspecified atom stereocenters. The Bertz CT molecular complexity index is 1390. The zero-order chi connectivity index (χ0) is 30.2. The number of halogens is 10. The van der Waals surface area contributed by atoms with Crippen molar-refractivity contribution in [2.45, 2.75) is 44.2 Å². The molecule has 15 heteroatoms. The van der Waals surface area contributed by atoms with E-state index in [-0.39, 0.29) is 27.2 Å². The smallest absolute Gasteiger partial charge is 0.335 e. The van der Waals surface area contributed by atoms with Gasteiger partial charge in [-0.3, -0.25) is 9.59 Å². The first-order valence-electron chi connectivity index (χ1n) is 11.2. The molecule has 214 valence electrons. The molecule has 5 nitrogen and oxygen atoms in total. The second kappa shape index (κ2) is 11.5. The van der Waals surface area contributed by atoms with Gasteiger partial charge in [0, 0.05) is 5.56 Å². The van der Waals surface area contributed by atoms with Crippen molar-refractivity contribution in [1.29, 1.82) is 5.26 Å². The molecule has 0 heterocycles. The Morgan fingerprint density at radius 1 is 1.02 bits per heavy atom. The van der Waals surface area contributed by atoms with Gasteiger partial charge in [0.1, 0.15) is 17.2 Å². The average molecular weight is 631 g/mol. The van der Waals surface area contributed by atoms with Crippen LogP contribution in [-0.4, -0.2) is 24.2 Å². The van der Waals surface area contributed by atoms with Crippen LogP contribution >= 0.6 is 34.8 Å². The van der Waals surface area contributed by atoms with Gasteiger partial charge < -0.3 is 10.6 Å². The van der Waals surface area contributed by atoms with Crippen LogP contribution in [0.4, 0.5) is 30.7 Å². The molecule has 3 rings (SSSR count). The number of nitrogens with one attached hydrogen (secondary N) is 2. The lowest BCUT2D eigenvalue weighted by molar-refractivity contribution is -0.140. The number of hydrogen-bond donors (Lipinski definition) is 2. The lowest BCUT2D eigenvalue weighted by atomic mass is 9.95. The third-order valence-electron chi connectivity index (χ3n) is 5.97. The van der Waals surface area contributed by atoms with Gasteiger partial charge in [0.2, 0.25) is 5.91 Å². The van der Waals surface area contributed by atoms with E-state index < -0.39 is 69.7 Å². The zero-order valence-electron chi connectivity index (χ0n) is 20.1. The van der Waals surface area contributed by atoms with Crippen LogP contribution in [0.1, 0.15) is 52.7 Å². The summed E-state index contributed by atoms with van der Waals surface area (Å²) < 4.78 is 97.8. The number of hydrogen-bond acceptors (Lipinski definition) is 3. The molecule has 0 aliphatic heterocycles. The van der Waals surface area contributed by atoms with E-state index in [1.54, 1.807) is 0 Å². The summed E-state index contributed by atoms with van der Waals surface area (Å²) in [7, 11) is 0. The Labute approximate surface area is 237 Å². The van der Waals surface area contributed by atoms with Gasteiger partial charge in [-0.05, 0) is 55.7 Å². The van der Waals surface area contributed by atoms with Crippen molar-refractivity contribution in [2.75, 3.05) is 0 Å². The zero-order valence-corrected chi connectivity index (χ0v) is 22.3. The maximum atomic E-state index is 15.0. The van der Waals surface area contributed by atoms with Gasteiger partial charge in [-0.15, -0.1) is 0 Å². The number of allylic oxidation sites excluding steroid dienone is 1. The summed E-state index contributed by atoms with van der Waals surface area (Å²) in [6.07, 6.45) is -10.9. The van der Waals surface area contributed by atoms with Gasteiger partial charge in [0.05, 0.1) is 38.4 Å². The third-order valence-corrected chi connectivity index (χ3v) is 7.17. The molecule has 1 aliphatic rings. The van der Waals surface area contributed by atoms with Crippen molar-refractivity contribution in [3.05, 3.63) is 73.7 Å². The van der Waals surface area contributed by atoms with Gasteiger partial charge in [0.25, 0.3) is 5.91 Å². The number of nitriles is 1. The van der Waals surface area contributed by atoms with Crippen molar-refractivity contribution in [3.8, 4) is 6.07 Å². The highest BCUT2D eigenvalue weighted by Crippen LogP contribution is 2.45. The molecule has 40 heavy (non-hydrogen) atoms. The maximum absolute atomic E-state index is 15.0. The molecule has 0 bridgehead atoms. The summed E-state index contributed by atoms with van der Waals surface area (Å²) in [5, 5.41) is 12.5. The van der Waals surface area contributed by atoms with E-state index in [1.807, 2.05) is 6.07 Å². The highest BCUT2D eigenvalue weighted by Gasteiger charge is 2.51. The van der Waals surface area contributed by atoms with Crippen molar-refractivity contribution in [2.24, 2.45) is 5.41 Å². The molecule has 2 amide bonds. The molecular weight excluding hydrogens is 614 g/mol. The Kier molecular flexibility index (Phi) is 9.03. The second-order valence-corrected chi connectivity index (χ2v) is 10.1. The van der Waals surface area contributed by atoms with Gasteiger partial charge in [-0.2, -0.15) is 31.6 Å². The fourth-order valence-corrected chi connectivity index (χ4v) is 4.28. The number of alkyl halides is 6. The number of carbonyl (C=O) groups excluding carboxylic acids is 2. The lowest BCUT2D eigenvalue weighted by Gasteiger charge is -2.20. The SMILES string of the molecule is C[C@@H](NC(=O)c1ccc(/C(F)=C/C(c2cc(Cl)c(Cl)c(Cl)c2)C(F)(F)F)cc1C(F)(F)F)NC(=O)C1(C#N)CC1. The average Bonchev–Trinajstić information content (AvgIpc) is 3.65. The fourth-order valence-electron chi connectivity index (χ4n) is 3.66. The predicted octanol–water partition coefficient (Wildman–Crippen LogP) is 7.82. The summed E-state index contributed by atoms with van der Waals surface area (Å²) in [6.45, 7) is 1.25. The summed E-state index contributed by atoms with van der Waals surface area (Å²) in [6, 6.07) is 4.90. The normalized spacial score (nSPS) is 16.5. The third kappa shape index (κ3) is 7.00. The van der Waals surface area contributed by atoms with Crippen LogP contribution in [0.15, 0.2) is 36.4 Å². The predicted molar refractivity (Wildman–Crippen MR) is 133 cm³/mol. The standard InChI is InChI=1S/C25H17Cl3F7N3O2/c1-11(38-22(40)23(10-36)4-5-23)37-21(39)14-3-2-12(6-16(14)25(33,34)35)19(29)9-15(24(30,31)32)13-7-17(26)20(28)18(27)8-13/h2-3,6-9,11,15H,4-5H2,1H3,(H,37,39)(H,38,40)/b19-9-/t11-,15?/m0/s1. The summed E-state index contributed by atoms with van der Waals surface area (Å²) in [4.78, 5) is 24.7. The van der Waals surface area contributed by atoms with E-state index in [4.69, 9.17) is 40.1 Å². The topological polar surface area (TPSA) is 82.0 Å². The quantitative estimate of drug-likeness (QED) is 0.186. The van der Waals surface area contributed by atoms with Crippen molar-refractivity contribution < 1.29 is 40.3 Å². The van der Waals surface area contributed by atoms with Crippen molar-refractivity contribution in [3.63, 3.8) is 0 Å². The summed E-state index contributed by atoms with van der Waals surface area (Å²) >= 11 is 17.3. The lowest BCUT2D eigenvalue weighted by Crippen LogP contribution is -2.48. The molecule has 2 N–H and O–H groups in total. The summed E-state index contributed by atoms with van der Waals surface area (Å²) in [5.41, 5.74) is -5.38. The number of rotatable bonds is 7. The molecular formula is C25H17Cl3F7N3O2. The van der Waals surface area contributed by atoms with Gasteiger partial charge in [-0.25, -0.2) is 4.39 Å². The molecule has 2 atom stereocenters. The first-order valence-corrected chi connectivity index (χ1v) is 12.4. The number of carbonyl (C=O) groups is 2. The van der Waals surface area contributed by atoms with E-state index in [0.717, 1.165) is 12.1 Å². The second-order valence-electron chi connectivity index (χ2n) is 8.95. The van der Waals surface area contributed by atoms with Crippen LogP contribution in [0.25, 0.3) is 5.83 Å². The first kappa shape index (κ1) is 31.5. The van der Waals surface area contributed by atoms with Crippen molar-refractivity contribution in [1.82, 2.24) is 10.6 Å². The van der Waals surface area contributed by atoms with Crippen LogP contribution in [0.5, 0.6) is 0 Å². The van der Waals surface area contributed by atoms with E-state index in [0.29, 0.717) is 25.0 Å². The molecule has 0 saturated heterocycles. The van der Waals surface area contributed by atoms with E-state index in [1.165, 1.54) is 6.92 Å². The Hall–Kier alpha value is -3.01. The fraction of sp³-hybridized carbons (Fsp3) is 0.320. The maximum Gasteiger partial charge on any atom is 0.417 e. The van der Waals surface area contributed by atoms with Crippen LogP contribution in [-0.2, 0) is 11.0 Å². The number of nitrogens with zero attached hydrogens (tertiary/aromatic N) is 1. The van der Waals surface area contributed by atoms with Gasteiger partial charge >= 0.3 is 12.4 Å². The molecule has 1 saturated carbocycles. The van der Waals surface area contributed by atoms with Crippen LogP contribution in [0.2, 0.25) is 15.1 Å². The highest BCUT2D eigenvalue weighted by molar-refractivity contribution is 6.48. The minimum absolute atomic E-state index is 0.0473. The first-order chi connectivity index (χ1) is 18.4. The van der Waals surface area contributed by atoms with Crippen LogP contribution in [0.3, 0.4) is 0 Å². The van der Waals surface area contributed by atoms with Gasteiger partial charge in [-0.1, -0.05) is 40.9 Å². The molecule has 0 aromatic heterocycles. The Morgan fingerprint density at radius 3 is 2.08 bits per heavy atom. The summed E-state index contributed by atoms with van der Waals surface area (Å²) in [5.74, 6) is -6.35. The van der Waals surface area contributed by atoms with Crippen LogP contribution in [0, 0.1) is 16.7 Å². The Balaban J connectivity index is 1.93. The van der Waals surface area contributed by atoms with E-state index in [2.05, 4.69) is 10.6 Å². The molecule has 0 spiro atoms. The minimum atomic E-state index is -5.21. The van der Waals surface area contributed by atoms with Gasteiger partial charge in [0.15, 0.2) is 0 Å². The molecule has 1 aliphatic carbocycles. The molecule has 2 aromatic rings.